The van der Waals surface area contributed by atoms with Gasteiger partial charge in [0.15, 0.2) is 11.5 Å². The lowest BCUT2D eigenvalue weighted by Gasteiger charge is -2.23. The van der Waals surface area contributed by atoms with E-state index in [0.29, 0.717) is 30.4 Å². The Morgan fingerprint density at radius 3 is 2.45 bits per heavy atom. The van der Waals surface area contributed by atoms with Gasteiger partial charge < -0.3 is 20.1 Å². The molecule has 1 heterocycles. The van der Waals surface area contributed by atoms with Crippen LogP contribution >= 0.6 is 0 Å². The summed E-state index contributed by atoms with van der Waals surface area (Å²) in [6, 6.07) is 5.43. The second kappa shape index (κ2) is 5.51. The van der Waals surface area contributed by atoms with E-state index in [0.717, 1.165) is 12.8 Å². The Kier molecular flexibility index (Phi) is 3.68. The first-order valence-electron chi connectivity index (χ1n) is 7.49. The SMILES string of the molecule is CC(C)(C(=O)Nc1ccc2c(c1)OCCO2)C(=O)NC1CC1. The molecular weight excluding hydrogens is 284 g/mol. The van der Waals surface area contributed by atoms with Crippen LogP contribution in [0.15, 0.2) is 18.2 Å². The third-order valence-electron chi connectivity index (χ3n) is 3.85. The number of nitrogens with one attached hydrogen (secondary N) is 2. The molecule has 0 radical (unpaired) electrons. The molecule has 2 aliphatic rings. The van der Waals surface area contributed by atoms with Crippen molar-refractivity contribution in [1.82, 2.24) is 5.32 Å². The van der Waals surface area contributed by atoms with Crippen LogP contribution in [0.4, 0.5) is 5.69 Å². The van der Waals surface area contributed by atoms with E-state index in [1.807, 2.05) is 0 Å². The number of benzene rings is 1. The maximum absolute atomic E-state index is 12.4. The van der Waals surface area contributed by atoms with E-state index in [9.17, 15) is 9.59 Å². The molecule has 0 saturated heterocycles. The molecule has 1 aliphatic heterocycles. The zero-order chi connectivity index (χ0) is 15.7. The summed E-state index contributed by atoms with van der Waals surface area (Å²) in [5.41, 5.74) is -0.544. The zero-order valence-electron chi connectivity index (χ0n) is 12.8. The summed E-state index contributed by atoms with van der Waals surface area (Å²) in [4.78, 5) is 24.6. The van der Waals surface area contributed by atoms with Crippen molar-refractivity contribution in [3.8, 4) is 11.5 Å². The number of rotatable bonds is 4. The van der Waals surface area contributed by atoms with Crippen molar-refractivity contribution >= 4 is 17.5 Å². The van der Waals surface area contributed by atoms with Gasteiger partial charge in [0.25, 0.3) is 0 Å². The Balaban J connectivity index is 1.68. The second-order valence-electron chi connectivity index (χ2n) is 6.19. The molecule has 0 unspecified atom stereocenters. The van der Waals surface area contributed by atoms with Gasteiger partial charge in [-0.05, 0) is 38.8 Å². The monoisotopic (exact) mass is 304 g/mol. The molecule has 6 nitrogen and oxygen atoms in total. The second-order valence-corrected chi connectivity index (χ2v) is 6.19. The fourth-order valence-corrected chi connectivity index (χ4v) is 2.11. The summed E-state index contributed by atoms with van der Waals surface area (Å²) in [6.07, 6.45) is 1.98. The van der Waals surface area contributed by atoms with Gasteiger partial charge in [0.1, 0.15) is 18.6 Å². The molecule has 0 aromatic heterocycles. The van der Waals surface area contributed by atoms with E-state index in [1.54, 1.807) is 32.0 Å². The highest BCUT2D eigenvalue weighted by molar-refractivity contribution is 6.10. The van der Waals surface area contributed by atoms with Crippen LogP contribution in [0.5, 0.6) is 11.5 Å². The van der Waals surface area contributed by atoms with E-state index in [2.05, 4.69) is 10.6 Å². The van der Waals surface area contributed by atoms with Crippen LogP contribution in [0, 0.1) is 5.41 Å². The van der Waals surface area contributed by atoms with Gasteiger partial charge in [-0.15, -0.1) is 0 Å². The molecule has 2 N–H and O–H groups in total. The summed E-state index contributed by atoms with van der Waals surface area (Å²) in [6.45, 7) is 4.25. The first kappa shape index (κ1) is 14.7. The highest BCUT2D eigenvalue weighted by Crippen LogP contribution is 2.33. The number of anilines is 1. The first-order chi connectivity index (χ1) is 10.5. The van der Waals surface area contributed by atoms with Crippen molar-refractivity contribution in [3.05, 3.63) is 18.2 Å². The molecule has 1 fully saturated rings. The molecule has 1 aliphatic carbocycles. The standard InChI is InChI=1S/C16H20N2O4/c1-16(2,14(19)17-10-3-4-10)15(20)18-11-5-6-12-13(9-11)22-8-7-21-12/h5-6,9-10H,3-4,7-8H2,1-2H3,(H,17,19)(H,18,20). The molecule has 0 bridgehead atoms. The van der Waals surface area contributed by atoms with Crippen molar-refractivity contribution < 1.29 is 19.1 Å². The first-order valence-corrected chi connectivity index (χ1v) is 7.49. The molecule has 1 aromatic carbocycles. The number of hydrogen-bond acceptors (Lipinski definition) is 4. The molecule has 6 heteroatoms. The minimum atomic E-state index is -1.13. The topological polar surface area (TPSA) is 76.7 Å². The molecule has 1 saturated carbocycles. The summed E-state index contributed by atoms with van der Waals surface area (Å²) < 4.78 is 10.9. The largest absolute Gasteiger partial charge is 0.486 e. The smallest absolute Gasteiger partial charge is 0.239 e. The van der Waals surface area contributed by atoms with Crippen LogP contribution in [0.25, 0.3) is 0 Å². The molecule has 3 rings (SSSR count). The van der Waals surface area contributed by atoms with Crippen LogP contribution in [0.3, 0.4) is 0 Å². The molecule has 2 amide bonds. The fraction of sp³-hybridized carbons (Fsp3) is 0.500. The van der Waals surface area contributed by atoms with Gasteiger partial charge in [0.2, 0.25) is 11.8 Å². The lowest BCUT2D eigenvalue weighted by Crippen LogP contribution is -2.45. The fourth-order valence-electron chi connectivity index (χ4n) is 2.11. The minimum absolute atomic E-state index is 0.230. The Bertz CT molecular complexity index is 608. The normalized spacial score (nSPS) is 16.8. The van der Waals surface area contributed by atoms with Gasteiger partial charge in [-0.25, -0.2) is 0 Å². The number of amides is 2. The predicted octanol–water partition coefficient (Wildman–Crippen LogP) is 1.70. The van der Waals surface area contributed by atoms with Crippen LogP contribution in [-0.4, -0.2) is 31.1 Å². The third kappa shape index (κ3) is 3.00. The molecule has 0 atom stereocenters. The van der Waals surface area contributed by atoms with Gasteiger partial charge in [-0.2, -0.15) is 0 Å². The van der Waals surface area contributed by atoms with E-state index in [1.165, 1.54) is 0 Å². The minimum Gasteiger partial charge on any atom is -0.486 e. The van der Waals surface area contributed by atoms with E-state index in [-0.39, 0.29) is 17.9 Å². The summed E-state index contributed by atoms with van der Waals surface area (Å²) in [7, 11) is 0. The van der Waals surface area contributed by atoms with Gasteiger partial charge in [-0.1, -0.05) is 0 Å². The van der Waals surface area contributed by atoms with Crippen LogP contribution < -0.4 is 20.1 Å². The summed E-state index contributed by atoms with van der Waals surface area (Å²) >= 11 is 0. The van der Waals surface area contributed by atoms with Crippen LogP contribution in [0.1, 0.15) is 26.7 Å². The average Bonchev–Trinajstić information content (AvgIpc) is 3.31. The summed E-state index contributed by atoms with van der Waals surface area (Å²) in [5, 5.41) is 5.64. The zero-order valence-corrected chi connectivity index (χ0v) is 12.8. The van der Waals surface area contributed by atoms with Gasteiger partial charge >= 0.3 is 0 Å². The van der Waals surface area contributed by atoms with Crippen LogP contribution in [-0.2, 0) is 9.59 Å². The summed E-state index contributed by atoms with van der Waals surface area (Å²) in [5.74, 6) is 0.673. The molecular formula is C16H20N2O4. The van der Waals surface area contributed by atoms with E-state index >= 15 is 0 Å². The Morgan fingerprint density at radius 2 is 1.77 bits per heavy atom. The molecule has 22 heavy (non-hydrogen) atoms. The van der Waals surface area contributed by atoms with Gasteiger partial charge in [-0.3, -0.25) is 9.59 Å². The molecule has 0 spiro atoms. The number of carbonyl (C=O) groups is 2. The molecule has 1 aromatic rings. The van der Waals surface area contributed by atoms with E-state index in [4.69, 9.17) is 9.47 Å². The Labute approximate surface area is 129 Å². The van der Waals surface area contributed by atoms with Crippen molar-refractivity contribution in [2.45, 2.75) is 32.7 Å². The third-order valence-corrected chi connectivity index (χ3v) is 3.85. The average molecular weight is 304 g/mol. The van der Waals surface area contributed by atoms with E-state index < -0.39 is 5.41 Å². The number of ether oxygens (including phenoxy) is 2. The van der Waals surface area contributed by atoms with Crippen molar-refractivity contribution in [2.75, 3.05) is 18.5 Å². The predicted molar refractivity (Wildman–Crippen MR) is 81.0 cm³/mol. The Hall–Kier alpha value is -2.24. The number of carbonyl (C=O) groups excluding carboxylic acids is 2. The van der Waals surface area contributed by atoms with Gasteiger partial charge in [0, 0.05) is 17.8 Å². The van der Waals surface area contributed by atoms with Crippen LogP contribution in [0.2, 0.25) is 0 Å². The highest BCUT2D eigenvalue weighted by atomic mass is 16.6. The lowest BCUT2D eigenvalue weighted by atomic mass is 9.91. The highest BCUT2D eigenvalue weighted by Gasteiger charge is 2.38. The van der Waals surface area contributed by atoms with Gasteiger partial charge in [0.05, 0.1) is 0 Å². The van der Waals surface area contributed by atoms with Crippen molar-refractivity contribution in [1.29, 1.82) is 0 Å². The Morgan fingerprint density at radius 1 is 1.09 bits per heavy atom. The van der Waals surface area contributed by atoms with Crippen molar-refractivity contribution in [3.63, 3.8) is 0 Å². The number of hydrogen-bond donors (Lipinski definition) is 2. The maximum atomic E-state index is 12.4. The van der Waals surface area contributed by atoms with Crippen molar-refractivity contribution in [2.24, 2.45) is 5.41 Å². The lowest BCUT2D eigenvalue weighted by molar-refractivity contribution is -0.138. The molecule has 118 valence electrons. The quantitative estimate of drug-likeness (QED) is 0.830. The number of fused-ring (bicyclic) bond motifs is 1. The maximum Gasteiger partial charge on any atom is 0.239 e.